The smallest absolute Gasteiger partial charge is 0.125 e. The van der Waals surface area contributed by atoms with E-state index in [4.69, 9.17) is 19.9 Å². The number of ether oxygens (including phenoxy) is 3. The third-order valence-electron chi connectivity index (χ3n) is 3.23. The molecular weight excluding hydrogens is 254 g/mol. The zero-order valence-corrected chi connectivity index (χ0v) is 12.8. The summed E-state index contributed by atoms with van der Waals surface area (Å²) >= 11 is 0. The lowest BCUT2D eigenvalue weighted by atomic mass is 10.0. The Hall–Kier alpha value is -1.42. The molecule has 1 aliphatic rings. The summed E-state index contributed by atoms with van der Waals surface area (Å²) in [7, 11) is 0. The second kappa shape index (κ2) is 6.35. The molecule has 1 saturated heterocycles. The highest BCUT2D eigenvalue weighted by Gasteiger charge is 2.25. The lowest BCUT2D eigenvalue weighted by Gasteiger charge is -2.32. The fourth-order valence-corrected chi connectivity index (χ4v) is 2.64. The van der Waals surface area contributed by atoms with Crippen molar-refractivity contribution in [1.29, 1.82) is 0 Å². The quantitative estimate of drug-likeness (QED) is 0.858. The van der Waals surface area contributed by atoms with Gasteiger partial charge in [-0.25, -0.2) is 0 Å². The number of hydrogen-bond acceptors (Lipinski definition) is 4. The van der Waals surface area contributed by atoms with Gasteiger partial charge in [0.25, 0.3) is 0 Å². The van der Waals surface area contributed by atoms with E-state index in [1.54, 1.807) is 0 Å². The minimum Gasteiger partial charge on any atom is -0.491 e. The summed E-state index contributed by atoms with van der Waals surface area (Å²) in [6.07, 6.45) is 2.56. The second-order valence-corrected chi connectivity index (χ2v) is 5.87. The van der Waals surface area contributed by atoms with Crippen LogP contribution in [0.3, 0.4) is 0 Å². The van der Waals surface area contributed by atoms with E-state index in [0.717, 1.165) is 24.3 Å². The summed E-state index contributed by atoms with van der Waals surface area (Å²) in [4.78, 5) is 0. The first-order valence-electron chi connectivity index (χ1n) is 7.31. The average Bonchev–Trinajstić information content (AvgIpc) is 2.24. The van der Waals surface area contributed by atoms with Crippen molar-refractivity contribution in [2.45, 2.75) is 65.0 Å². The van der Waals surface area contributed by atoms with E-state index in [9.17, 15) is 0 Å². The predicted octanol–water partition coefficient (Wildman–Crippen LogP) is 3.39. The van der Waals surface area contributed by atoms with Crippen LogP contribution in [-0.4, -0.2) is 24.4 Å². The molecule has 2 rings (SSSR count). The Morgan fingerprint density at radius 3 is 2.30 bits per heavy atom. The molecule has 4 nitrogen and oxygen atoms in total. The first kappa shape index (κ1) is 15.0. The molecule has 0 bridgehead atoms. The summed E-state index contributed by atoms with van der Waals surface area (Å²) in [6, 6.07) is 5.57. The average molecular weight is 279 g/mol. The topological polar surface area (TPSA) is 53.7 Å². The highest BCUT2D eigenvalue weighted by Crippen LogP contribution is 2.29. The molecule has 0 spiro atoms. The highest BCUT2D eigenvalue weighted by molar-refractivity contribution is 5.50. The highest BCUT2D eigenvalue weighted by atomic mass is 16.5. The normalized spacial score (nSPS) is 26.6. The van der Waals surface area contributed by atoms with Crippen molar-refractivity contribution in [3.63, 3.8) is 0 Å². The van der Waals surface area contributed by atoms with E-state index in [1.807, 2.05) is 32.0 Å². The number of nitrogen functional groups attached to an aromatic ring is 1. The Balaban J connectivity index is 2.06. The van der Waals surface area contributed by atoms with Crippen LogP contribution in [0.25, 0.3) is 0 Å². The minimum absolute atomic E-state index is 0.118. The van der Waals surface area contributed by atoms with Gasteiger partial charge in [0.2, 0.25) is 0 Å². The Bertz CT molecular complexity index is 437. The van der Waals surface area contributed by atoms with E-state index in [1.165, 1.54) is 0 Å². The lowest BCUT2D eigenvalue weighted by molar-refractivity contribution is -0.0721. The summed E-state index contributed by atoms with van der Waals surface area (Å²) < 4.78 is 17.5. The van der Waals surface area contributed by atoms with Gasteiger partial charge in [0.15, 0.2) is 0 Å². The van der Waals surface area contributed by atoms with Crippen LogP contribution in [-0.2, 0) is 4.74 Å². The minimum atomic E-state index is 0.118. The molecule has 2 unspecified atom stereocenters. The number of benzene rings is 1. The summed E-state index contributed by atoms with van der Waals surface area (Å²) in [5.41, 5.74) is 6.57. The van der Waals surface area contributed by atoms with Gasteiger partial charge in [0.1, 0.15) is 17.6 Å². The van der Waals surface area contributed by atoms with Gasteiger partial charge < -0.3 is 19.9 Å². The van der Waals surface area contributed by atoms with Crippen molar-refractivity contribution in [1.82, 2.24) is 0 Å². The molecule has 0 saturated carbocycles. The van der Waals surface area contributed by atoms with Crippen molar-refractivity contribution in [3.05, 3.63) is 18.2 Å². The first-order chi connectivity index (χ1) is 9.42. The predicted molar refractivity (Wildman–Crippen MR) is 80.3 cm³/mol. The Morgan fingerprint density at radius 2 is 1.70 bits per heavy atom. The largest absolute Gasteiger partial charge is 0.491 e. The molecule has 0 radical (unpaired) electrons. The van der Waals surface area contributed by atoms with Gasteiger partial charge in [0, 0.05) is 36.7 Å². The van der Waals surface area contributed by atoms with Crippen LogP contribution in [0.1, 0.15) is 40.5 Å². The molecule has 2 atom stereocenters. The fraction of sp³-hybridized carbons (Fsp3) is 0.625. The Labute approximate surface area is 121 Å². The van der Waals surface area contributed by atoms with Crippen LogP contribution in [0, 0.1) is 0 Å². The SMILES string of the molecule is CC(C)Oc1cc(N)cc(OC2CC(C)OC(C)C2)c1. The zero-order valence-electron chi connectivity index (χ0n) is 12.8. The van der Waals surface area contributed by atoms with Crippen molar-refractivity contribution >= 4 is 5.69 Å². The summed E-state index contributed by atoms with van der Waals surface area (Å²) in [5, 5.41) is 0. The van der Waals surface area contributed by atoms with Crippen molar-refractivity contribution < 1.29 is 14.2 Å². The number of anilines is 1. The van der Waals surface area contributed by atoms with Gasteiger partial charge in [0.05, 0.1) is 18.3 Å². The second-order valence-electron chi connectivity index (χ2n) is 5.87. The Morgan fingerprint density at radius 1 is 1.10 bits per heavy atom. The third-order valence-corrected chi connectivity index (χ3v) is 3.23. The van der Waals surface area contributed by atoms with E-state index < -0.39 is 0 Å². The molecule has 2 N–H and O–H groups in total. The molecule has 1 fully saturated rings. The molecular formula is C16H25NO3. The van der Waals surface area contributed by atoms with Gasteiger partial charge in [-0.05, 0) is 27.7 Å². The van der Waals surface area contributed by atoms with Crippen LogP contribution < -0.4 is 15.2 Å². The monoisotopic (exact) mass is 279 g/mol. The van der Waals surface area contributed by atoms with Gasteiger partial charge >= 0.3 is 0 Å². The molecule has 1 aromatic carbocycles. The van der Waals surface area contributed by atoms with Crippen molar-refractivity contribution in [2.24, 2.45) is 0 Å². The van der Waals surface area contributed by atoms with Crippen LogP contribution >= 0.6 is 0 Å². The van der Waals surface area contributed by atoms with Gasteiger partial charge in [-0.1, -0.05) is 0 Å². The maximum Gasteiger partial charge on any atom is 0.125 e. The number of rotatable bonds is 4. The van der Waals surface area contributed by atoms with Crippen LogP contribution in [0.4, 0.5) is 5.69 Å². The van der Waals surface area contributed by atoms with Gasteiger partial charge in [-0.2, -0.15) is 0 Å². The third kappa shape index (κ3) is 4.30. The molecule has 1 aliphatic heterocycles. The van der Waals surface area contributed by atoms with Crippen LogP contribution in [0.15, 0.2) is 18.2 Å². The molecule has 0 aromatic heterocycles. The van der Waals surface area contributed by atoms with Gasteiger partial charge in [-0.15, -0.1) is 0 Å². The van der Waals surface area contributed by atoms with Crippen molar-refractivity contribution in [2.75, 3.05) is 5.73 Å². The molecule has 20 heavy (non-hydrogen) atoms. The standard InChI is InChI=1S/C16H25NO3/c1-10(2)18-15-7-13(17)8-16(9-15)20-14-5-11(3)19-12(4)6-14/h7-12,14H,5-6,17H2,1-4H3. The molecule has 1 aromatic rings. The van der Waals surface area contributed by atoms with Crippen LogP contribution in [0.2, 0.25) is 0 Å². The zero-order chi connectivity index (χ0) is 14.7. The lowest BCUT2D eigenvalue weighted by Crippen LogP contribution is -2.35. The van der Waals surface area contributed by atoms with Crippen LogP contribution in [0.5, 0.6) is 11.5 Å². The molecule has 4 heteroatoms. The Kier molecular flexibility index (Phi) is 4.76. The summed E-state index contributed by atoms with van der Waals surface area (Å²) in [5.74, 6) is 1.52. The van der Waals surface area contributed by atoms with Crippen molar-refractivity contribution in [3.8, 4) is 11.5 Å². The van der Waals surface area contributed by atoms with E-state index in [0.29, 0.717) is 5.69 Å². The van der Waals surface area contributed by atoms with E-state index in [2.05, 4.69) is 13.8 Å². The molecule has 1 heterocycles. The molecule has 0 amide bonds. The molecule has 0 aliphatic carbocycles. The molecule has 112 valence electrons. The fourth-order valence-electron chi connectivity index (χ4n) is 2.64. The maximum atomic E-state index is 6.06. The summed E-state index contributed by atoms with van der Waals surface area (Å²) in [6.45, 7) is 8.15. The van der Waals surface area contributed by atoms with E-state index >= 15 is 0 Å². The maximum absolute atomic E-state index is 6.06. The number of hydrogen-bond donors (Lipinski definition) is 1. The van der Waals surface area contributed by atoms with Gasteiger partial charge in [-0.3, -0.25) is 0 Å². The first-order valence-corrected chi connectivity index (χ1v) is 7.31. The number of nitrogens with two attached hydrogens (primary N) is 1. The van der Waals surface area contributed by atoms with E-state index in [-0.39, 0.29) is 24.4 Å².